The number of nitrogens with one attached hydrogen (secondary N) is 2. The molecule has 0 aliphatic heterocycles. The lowest BCUT2D eigenvalue weighted by atomic mass is 10.1. The Morgan fingerprint density at radius 3 is 2.18 bits per heavy atom. The molecule has 7 nitrogen and oxygen atoms in total. The van der Waals surface area contributed by atoms with Crippen molar-refractivity contribution in [2.75, 3.05) is 16.2 Å². The van der Waals surface area contributed by atoms with Gasteiger partial charge in [-0.1, -0.05) is 71.7 Å². The third-order valence-electron chi connectivity index (χ3n) is 5.88. The highest BCUT2D eigenvalue weighted by molar-refractivity contribution is 7.92. The molecular formula is C29H25Cl2N3O4S. The van der Waals surface area contributed by atoms with Crippen molar-refractivity contribution in [3.05, 3.63) is 124 Å². The molecule has 0 radical (unpaired) electrons. The van der Waals surface area contributed by atoms with Crippen molar-refractivity contribution in [3.8, 4) is 0 Å². The summed E-state index contributed by atoms with van der Waals surface area (Å²) in [7, 11) is -4.17. The number of benzene rings is 4. The van der Waals surface area contributed by atoms with Gasteiger partial charge in [-0.3, -0.25) is 13.9 Å². The first kappa shape index (κ1) is 28.2. The first-order valence-electron chi connectivity index (χ1n) is 11.9. The van der Waals surface area contributed by atoms with Crippen LogP contribution >= 0.6 is 23.2 Å². The maximum atomic E-state index is 13.6. The van der Waals surface area contributed by atoms with E-state index in [1.165, 1.54) is 30.3 Å². The number of amides is 2. The summed E-state index contributed by atoms with van der Waals surface area (Å²) >= 11 is 12.1. The molecule has 10 heteroatoms. The normalized spacial score (nSPS) is 11.9. The van der Waals surface area contributed by atoms with Crippen molar-refractivity contribution >= 4 is 56.4 Å². The standard InChI is InChI=1S/C29H25Cl2N3O4S/c1-20(21-8-3-2-4-9-21)32-29(36)26-12-5-6-13-27(26)33-28(35)19-34(24-11-7-10-23(31)18-24)39(37,38)25-16-14-22(30)15-17-25/h2-18,20H,19H2,1H3,(H,32,36)(H,33,35)/t20-/m0/s1. The van der Waals surface area contributed by atoms with Gasteiger partial charge < -0.3 is 10.6 Å². The highest BCUT2D eigenvalue weighted by Crippen LogP contribution is 2.27. The van der Waals surface area contributed by atoms with Gasteiger partial charge in [-0.05, 0) is 67.1 Å². The lowest BCUT2D eigenvalue weighted by Gasteiger charge is -2.24. The van der Waals surface area contributed by atoms with Crippen LogP contribution in [0.1, 0.15) is 28.9 Å². The molecule has 0 spiro atoms. The van der Waals surface area contributed by atoms with Crippen molar-refractivity contribution in [3.63, 3.8) is 0 Å². The van der Waals surface area contributed by atoms with E-state index in [0.717, 1.165) is 9.87 Å². The number of carbonyl (C=O) groups is 2. The molecule has 0 aliphatic carbocycles. The van der Waals surface area contributed by atoms with E-state index in [1.807, 2.05) is 37.3 Å². The highest BCUT2D eigenvalue weighted by atomic mass is 35.5. The van der Waals surface area contributed by atoms with Crippen molar-refractivity contribution in [2.45, 2.75) is 17.9 Å². The van der Waals surface area contributed by atoms with Crippen LogP contribution in [0.3, 0.4) is 0 Å². The van der Waals surface area contributed by atoms with Gasteiger partial charge in [0.05, 0.1) is 27.9 Å². The Morgan fingerprint density at radius 2 is 1.49 bits per heavy atom. The summed E-state index contributed by atoms with van der Waals surface area (Å²) in [4.78, 5) is 26.3. The Kier molecular flexibility index (Phi) is 8.91. The number of halogens is 2. The maximum absolute atomic E-state index is 13.6. The van der Waals surface area contributed by atoms with Crippen LogP contribution < -0.4 is 14.9 Å². The maximum Gasteiger partial charge on any atom is 0.264 e. The van der Waals surface area contributed by atoms with Gasteiger partial charge in [-0.25, -0.2) is 8.42 Å². The van der Waals surface area contributed by atoms with E-state index >= 15 is 0 Å². The molecule has 4 rings (SSSR count). The summed E-state index contributed by atoms with van der Waals surface area (Å²) in [6, 6.07) is 27.5. The highest BCUT2D eigenvalue weighted by Gasteiger charge is 2.28. The van der Waals surface area contributed by atoms with E-state index in [0.29, 0.717) is 10.0 Å². The zero-order valence-corrected chi connectivity index (χ0v) is 23.2. The van der Waals surface area contributed by atoms with Gasteiger partial charge in [-0.15, -0.1) is 0 Å². The van der Waals surface area contributed by atoms with E-state index in [-0.39, 0.29) is 33.8 Å². The number of sulfonamides is 1. The fourth-order valence-corrected chi connectivity index (χ4v) is 5.61. The molecule has 0 saturated heterocycles. The van der Waals surface area contributed by atoms with Crippen LogP contribution in [0.15, 0.2) is 108 Å². The predicted molar refractivity (Wildman–Crippen MR) is 155 cm³/mol. The average molecular weight is 583 g/mol. The van der Waals surface area contributed by atoms with Crippen molar-refractivity contribution in [1.82, 2.24) is 5.32 Å². The number of hydrogen-bond acceptors (Lipinski definition) is 4. The Morgan fingerprint density at radius 1 is 0.821 bits per heavy atom. The van der Waals surface area contributed by atoms with Crippen LogP contribution in [0.5, 0.6) is 0 Å². The molecule has 4 aromatic rings. The van der Waals surface area contributed by atoms with Crippen molar-refractivity contribution < 1.29 is 18.0 Å². The first-order chi connectivity index (χ1) is 18.6. The number of hydrogen-bond donors (Lipinski definition) is 2. The summed E-state index contributed by atoms with van der Waals surface area (Å²) in [5.74, 6) is -1.04. The van der Waals surface area contributed by atoms with Crippen LogP contribution in [0, 0.1) is 0 Å². The second kappa shape index (κ2) is 12.3. The number of nitrogens with zero attached hydrogens (tertiary/aromatic N) is 1. The minimum absolute atomic E-state index is 0.0469. The summed E-state index contributed by atoms with van der Waals surface area (Å²) in [5, 5.41) is 6.30. The third kappa shape index (κ3) is 6.97. The minimum Gasteiger partial charge on any atom is -0.345 e. The molecule has 0 aliphatic rings. The SMILES string of the molecule is C[C@H](NC(=O)c1ccccc1NC(=O)CN(c1cccc(Cl)c1)S(=O)(=O)c1ccc(Cl)cc1)c1ccccc1. The number of carbonyl (C=O) groups excluding carboxylic acids is 2. The first-order valence-corrected chi connectivity index (χ1v) is 14.1. The Hall–Kier alpha value is -3.85. The number of anilines is 2. The topological polar surface area (TPSA) is 95.6 Å². The zero-order valence-electron chi connectivity index (χ0n) is 20.8. The van der Waals surface area contributed by atoms with Crippen LogP contribution in [-0.4, -0.2) is 26.8 Å². The van der Waals surface area contributed by atoms with Gasteiger partial charge in [-0.2, -0.15) is 0 Å². The average Bonchev–Trinajstić information content (AvgIpc) is 2.92. The van der Waals surface area contributed by atoms with Gasteiger partial charge in [0.15, 0.2) is 0 Å². The molecule has 2 N–H and O–H groups in total. The quantitative estimate of drug-likeness (QED) is 0.242. The van der Waals surface area contributed by atoms with Gasteiger partial charge in [0.25, 0.3) is 15.9 Å². The van der Waals surface area contributed by atoms with Gasteiger partial charge >= 0.3 is 0 Å². The molecule has 200 valence electrons. The predicted octanol–water partition coefficient (Wildman–Crippen LogP) is 6.32. The van der Waals surface area contributed by atoms with Crippen LogP contribution in [0.4, 0.5) is 11.4 Å². The van der Waals surface area contributed by atoms with Crippen molar-refractivity contribution in [2.24, 2.45) is 0 Å². The summed E-state index contributed by atoms with van der Waals surface area (Å²) in [5.41, 5.74) is 1.62. The molecule has 4 aromatic carbocycles. The molecule has 39 heavy (non-hydrogen) atoms. The van der Waals surface area contributed by atoms with Gasteiger partial charge in [0.2, 0.25) is 5.91 Å². The molecular weight excluding hydrogens is 557 g/mol. The molecule has 0 heterocycles. The lowest BCUT2D eigenvalue weighted by molar-refractivity contribution is -0.114. The molecule has 0 unspecified atom stereocenters. The fourth-order valence-electron chi connectivity index (χ4n) is 3.89. The smallest absolute Gasteiger partial charge is 0.264 e. The van der Waals surface area contributed by atoms with E-state index < -0.39 is 22.5 Å². The molecule has 1 atom stereocenters. The molecule has 0 saturated carbocycles. The van der Waals surface area contributed by atoms with Crippen LogP contribution in [-0.2, 0) is 14.8 Å². The number of para-hydroxylation sites is 1. The zero-order chi connectivity index (χ0) is 28.0. The number of rotatable bonds is 9. The second-order valence-corrected chi connectivity index (χ2v) is 11.4. The van der Waals surface area contributed by atoms with E-state index in [1.54, 1.807) is 42.5 Å². The van der Waals surface area contributed by atoms with Crippen LogP contribution in [0.2, 0.25) is 10.0 Å². The Balaban J connectivity index is 1.58. The van der Waals surface area contributed by atoms with E-state index in [2.05, 4.69) is 10.6 Å². The Bertz CT molecular complexity index is 1580. The summed E-state index contributed by atoms with van der Waals surface area (Å²) in [6.07, 6.45) is 0. The third-order valence-corrected chi connectivity index (χ3v) is 8.15. The largest absolute Gasteiger partial charge is 0.345 e. The fraction of sp³-hybridized carbons (Fsp3) is 0.103. The molecule has 0 aromatic heterocycles. The van der Waals surface area contributed by atoms with Crippen molar-refractivity contribution in [1.29, 1.82) is 0 Å². The van der Waals surface area contributed by atoms with Gasteiger partial charge in [0.1, 0.15) is 6.54 Å². The molecule has 2 amide bonds. The van der Waals surface area contributed by atoms with E-state index in [4.69, 9.17) is 23.2 Å². The minimum atomic E-state index is -4.17. The summed E-state index contributed by atoms with van der Waals surface area (Å²) < 4.78 is 28.1. The van der Waals surface area contributed by atoms with Crippen LogP contribution in [0.25, 0.3) is 0 Å². The van der Waals surface area contributed by atoms with Gasteiger partial charge in [0, 0.05) is 10.0 Å². The van der Waals surface area contributed by atoms with E-state index in [9.17, 15) is 18.0 Å². The second-order valence-electron chi connectivity index (χ2n) is 8.65. The Labute approximate surface area is 237 Å². The molecule has 0 fully saturated rings. The molecule has 0 bridgehead atoms. The lowest BCUT2D eigenvalue weighted by Crippen LogP contribution is -2.38. The summed E-state index contributed by atoms with van der Waals surface area (Å²) in [6.45, 7) is 1.29. The monoisotopic (exact) mass is 581 g/mol.